The highest BCUT2D eigenvalue weighted by atomic mass is 32.2. The van der Waals surface area contributed by atoms with Gasteiger partial charge in [-0.05, 0) is 24.6 Å². The summed E-state index contributed by atoms with van der Waals surface area (Å²) < 4.78 is 26.7. The molecule has 2 aromatic heterocycles. The van der Waals surface area contributed by atoms with E-state index in [9.17, 15) is 13.2 Å². The Balaban J connectivity index is 2.20. The molecule has 2 rings (SSSR count). The normalized spacial score (nSPS) is 13.1. The van der Waals surface area contributed by atoms with Crippen LogP contribution in [0.1, 0.15) is 28.9 Å². The molecule has 1 atom stereocenters. The Hall–Kier alpha value is -1.77. The van der Waals surface area contributed by atoms with Crippen LogP contribution in [-0.2, 0) is 10.0 Å². The van der Waals surface area contributed by atoms with Gasteiger partial charge in [-0.2, -0.15) is 0 Å². The Labute approximate surface area is 120 Å². The second kappa shape index (κ2) is 5.70. The lowest BCUT2D eigenvalue weighted by Crippen LogP contribution is -2.26. The highest BCUT2D eigenvalue weighted by Gasteiger charge is 2.21. The van der Waals surface area contributed by atoms with E-state index in [0.29, 0.717) is 0 Å². The molecule has 0 radical (unpaired) electrons. The largest absolute Gasteiger partial charge is 0.478 e. The Kier molecular flexibility index (Phi) is 4.17. The zero-order valence-corrected chi connectivity index (χ0v) is 12.1. The molecule has 0 spiro atoms. The van der Waals surface area contributed by atoms with E-state index in [1.165, 1.54) is 5.38 Å². The van der Waals surface area contributed by atoms with E-state index in [1.54, 1.807) is 31.5 Å². The van der Waals surface area contributed by atoms with E-state index in [4.69, 9.17) is 5.11 Å². The van der Waals surface area contributed by atoms with E-state index in [1.807, 2.05) is 0 Å². The van der Waals surface area contributed by atoms with Gasteiger partial charge in [-0.3, -0.25) is 4.98 Å². The predicted molar refractivity (Wildman–Crippen MR) is 74.3 cm³/mol. The summed E-state index contributed by atoms with van der Waals surface area (Å²) in [7, 11) is -3.74. The standard InChI is InChI=1S/C12H12N2O4S2/c1-8(9-3-2-4-13-6-9)14-20(17,18)11-5-10(7-19-11)12(15)16/h2-8,14H,1H3,(H,15,16)/t8-/m1/s1. The first-order chi connectivity index (χ1) is 9.40. The van der Waals surface area contributed by atoms with E-state index >= 15 is 0 Å². The molecule has 0 aliphatic heterocycles. The smallest absolute Gasteiger partial charge is 0.336 e. The molecule has 2 N–H and O–H groups in total. The molecule has 6 nitrogen and oxygen atoms in total. The zero-order chi connectivity index (χ0) is 14.8. The van der Waals surface area contributed by atoms with Gasteiger partial charge in [-0.1, -0.05) is 6.07 Å². The third kappa shape index (κ3) is 3.21. The number of nitrogens with zero attached hydrogens (tertiary/aromatic N) is 1. The summed E-state index contributed by atoms with van der Waals surface area (Å²) in [5, 5.41) is 10.1. The molecule has 0 aromatic carbocycles. The number of pyridine rings is 1. The van der Waals surface area contributed by atoms with Crippen LogP contribution in [0.3, 0.4) is 0 Å². The van der Waals surface area contributed by atoms with Crippen molar-refractivity contribution in [1.82, 2.24) is 9.71 Å². The number of rotatable bonds is 5. The SMILES string of the molecule is C[C@@H](NS(=O)(=O)c1cc(C(=O)O)cs1)c1cccnc1. The van der Waals surface area contributed by atoms with Gasteiger partial charge in [0.1, 0.15) is 4.21 Å². The van der Waals surface area contributed by atoms with Gasteiger partial charge in [0.05, 0.1) is 5.56 Å². The summed E-state index contributed by atoms with van der Waals surface area (Å²) in [6, 6.07) is 4.17. The van der Waals surface area contributed by atoms with Crippen LogP contribution in [0, 0.1) is 0 Å². The molecule has 0 saturated heterocycles. The van der Waals surface area contributed by atoms with Crippen LogP contribution in [0.25, 0.3) is 0 Å². The van der Waals surface area contributed by atoms with Crippen LogP contribution in [-0.4, -0.2) is 24.5 Å². The molecule has 0 aliphatic carbocycles. The number of nitrogens with one attached hydrogen (secondary N) is 1. The Morgan fingerprint density at radius 2 is 2.25 bits per heavy atom. The maximum absolute atomic E-state index is 12.1. The van der Waals surface area contributed by atoms with Gasteiger partial charge in [0.25, 0.3) is 10.0 Å². The van der Waals surface area contributed by atoms with Gasteiger partial charge in [0, 0.05) is 23.8 Å². The molecular formula is C12H12N2O4S2. The van der Waals surface area contributed by atoms with Crippen molar-refractivity contribution in [2.24, 2.45) is 0 Å². The fraction of sp³-hybridized carbons (Fsp3) is 0.167. The van der Waals surface area contributed by atoms with Crippen molar-refractivity contribution in [1.29, 1.82) is 0 Å². The average Bonchev–Trinajstić information content (AvgIpc) is 2.90. The molecule has 106 valence electrons. The molecule has 0 saturated carbocycles. The second-order valence-corrected chi connectivity index (χ2v) is 6.94. The maximum atomic E-state index is 12.1. The number of aromatic carboxylic acids is 1. The van der Waals surface area contributed by atoms with Crippen molar-refractivity contribution in [3.63, 3.8) is 0 Å². The molecule has 8 heteroatoms. The van der Waals surface area contributed by atoms with Crippen LogP contribution in [0.5, 0.6) is 0 Å². The monoisotopic (exact) mass is 312 g/mol. The minimum Gasteiger partial charge on any atom is -0.478 e. The van der Waals surface area contributed by atoms with Crippen molar-refractivity contribution < 1.29 is 18.3 Å². The van der Waals surface area contributed by atoms with Crippen molar-refractivity contribution in [2.45, 2.75) is 17.2 Å². The number of carbonyl (C=O) groups is 1. The minimum atomic E-state index is -3.74. The summed E-state index contributed by atoms with van der Waals surface area (Å²) in [4.78, 5) is 14.7. The van der Waals surface area contributed by atoms with Gasteiger partial charge >= 0.3 is 5.97 Å². The highest BCUT2D eigenvalue weighted by Crippen LogP contribution is 2.22. The average molecular weight is 312 g/mol. The van der Waals surface area contributed by atoms with Gasteiger partial charge in [-0.25, -0.2) is 17.9 Å². The van der Waals surface area contributed by atoms with Crippen LogP contribution in [0.15, 0.2) is 40.2 Å². The van der Waals surface area contributed by atoms with E-state index in [-0.39, 0.29) is 9.77 Å². The summed E-state index contributed by atoms with van der Waals surface area (Å²) in [5.74, 6) is -1.15. The molecule has 2 aromatic rings. The lowest BCUT2D eigenvalue weighted by molar-refractivity contribution is 0.0697. The number of carboxylic acids is 1. The fourth-order valence-corrected chi connectivity index (χ4v) is 3.96. The molecular weight excluding hydrogens is 300 g/mol. The number of hydrogen-bond acceptors (Lipinski definition) is 5. The van der Waals surface area contributed by atoms with Crippen LogP contribution >= 0.6 is 11.3 Å². The number of thiophene rings is 1. The van der Waals surface area contributed by atoms with Gasteiger partial charge in [-0.15, -0.1) is 11.3 Å². The summed E-state index contributed by atoms with van der Waals surface area (Å²) >= 11 is 0.875. The summed E-state index contributed by atoms with van der Waals surface area (Å²) in [6.07, 6.45) is 3.17. The first-order valence-electron chi connectivity index (χ1n) is 5.64. The number of hydrogen-bond donors (Lipinski definition) is 2. The third-order valence-electron chi connectivity index (χ3n) is 2.60. The number of aromatic nitrogens is 1. The lowest BCUT2D eigenvalue weighted by atomic mass is 10.2. The number of sulfonamides is 1. The Morgan fingerprint density at radius 1 is 1.50 bits per heavy atom. The Morgan fingerprint density at radius 3 is 2.80 bits per heavy atom. The van der Waals surface area contributed by atoms with Gasteiger partial charge in [0.2, 0.25) is 0 Å². The topological polar surface area (TPSA) is 96.4 Å². The predicted octanol–water partition coefficient (Wildman–Crippen LogP) is 1.88. The summed E-state index contributed by atoms with van der Waals surface area (Å²) in [6.45, 7) is 1.69. The third-order valence-corrected chi connectivity index (χ3v) is 5.58. The molecule has 0 aliphatic rings. The lowest BCUT2D eigenvalue weighted by Gasteiger charge is -2.13. The van der Waals surface area contributed by atoms with E-state index in [0.717, 1.165) is 23.0 Å². The molecule has 0 unspecified atom stereocenters. The van der Waals surface area contributed by atoms with Crippen molar-refractivity contribution >= 4 is 27.3 Å². The van der Waals surface area contributed by atoms with Crippen LogP contribution in [0.4, 0.5) is 0 Å². The first-order valence-corrected chi connectivity index (χ1v) is 8.00. The van der Waals surface area contributed by atoms with Gasteiger partial charge < -0.3 is 5.11 Å². The minimum absolute atomic E-state index is 0.0226. The van der Waals surface area contributed by atoms with E-state index in [2.05, 4.69) is 9.71 Å². The van der Waals surface area contributed by atoms with Crippen LogP contribution < -0.4 is 4.72 Å². The van der Waals surface area contributed by atoms with Gasteiger partial charge in [0.15, 0.2) is 0 Å². The quantitative estimate of drug-likeness (QED) is 0.878. The van der Waals surface area contributed by atoms with Crippen molar-refractivity contribution in [3.8, 4) is 0 Å². The van der Waals surface area contributed by atoms with Crippen molar-refractivity contribution in [3.05, 3.63) is 47.1 Å². The molecule has 0 bridgehead atoms. The Bertz CT molecular complexity index is 710. The molecule has 20 heavy (non-hydrogen) atoms. The van der Waals surface area contributed by atoms with Crippen LogP contribution in [0.2, 0.25) is 0 Å². The highest BCUT2D eigenvalue weighted by molar-refractivity contribution is 7.91. The molecule has 0 fully saturated rings. The second-order valence-electron chi connectivity index (χ2n) is 4.09. The first kappa shape index (κ1) is 14.6. The zero-order valence-electron chi connectivity index (χ0n) is 10.5. The number of carboxylic acid groups (broad SMARTS) is 1. The molecule has 0 amide bonds. The fourth-order valence-electron chi connectivity index (χ4n) is 1.56. The summed E-state index contributed by atoms with van der Waals surface area (Å²) in [5.41, 5.74) is 0.690. The van der Waals surface area contributed by atoms with E-state index < -0.39 is 22.0 Å². The van der Waals surface area contributed by atoms with Crippen molar-refractivity contribution in [2.75, 3.05) is 0 Å². The molecule has 2 heterocycles. The maximum Gasteiger partial charge on any atom is 0.336 e.